The van der Waals surface area contributed by atoms with E-state index in [0.717, 1.165) is 22.4 Å². The van der Waals surface area contributed by atoms with Gasteiger partial charge >= 0.3 is 0 Å². The fourth-order valence-corrected chi connectivity index (χ4v) is 4.90. The van der Waals surface area contributed by atoms with Crippen LogP contribution in [0, 0.1) is 6.92 Å². The molecule has 1 aromatic carbocycles. The lowest BCUT2D eigenvalue weighted by Gasteiger charge is -2.37. The Balaban J connectivity index is 2.00. The molecule has 3 nitrogen and oxygen atoms in total. The molecule has 112 valence electrons. The lowest BCUT2D eigenvalue weighted by atomic mass is 10.1. The van der Waals surface area contributed by atoms with Gasteiger partial charge in [0, 0.05) is 33.7 Å². The Kier molecular flexibility index (Phi) is 3.88. The third-order valence-corrected chi connectivity index (χ3v) is 6.73. The first-order valence-corrected chi connectivity index (χ1v) is 9.06. The van der Waals surface area contributed by atoms with E-state index >= 15 is 0 Å². The Morgan fingerprint density at radius 2 is 2.14 bits per heavy atom. The smallest absolute Gasteiger partial charge is 0.266 e. The van der Waals surface area contributed by atoms with Crippen LogP contribution in [0.3, 0.4) is 0 Å². The second-order valence-electron chi connectivity index (χ2n) is 5.66. The van der Waals surface area contributed by atoms with Gasteiger partial charge in [0.15, 0.2) is 0 Å². The molecule has 1 aromatic heterocycles. The van der Waals surface area contributed by atoms with Crippen molar-refractivity contribution in [2.75, 3.05) is 18.0 Å². The molecule has 1 aliphatic rings. The van der Waals surface area contributed by atoms with Gasteiger partial charge in [0.2, 0.25) is 0 Å². The Morgan fingerprint density at radius 3 is 2.90 bits per heavy atom. The van der Waals surface area contributed by atoms with Crippen molar-refractivity contribution in [3.05, 3.63) is 28.6 Å². The molecular formula is C16H20N2OS2. The first-order chi connectivity index (χ1) is 9.99. The normalized spacial score (nSPS) is 22.7. The molecule has 2 unspecified atom stereocenters. The van der Waals surface area contributed by atoms with E-state index in [1.807, 2.05) is 23.6 Å². The number of hydrogen-bond acceptors (Lipinski definition) is 4. The number of benzene rings is 1. The Bertz CT molecular complexity index is 695. The summed E-state index contributed by atoms with van der Waals surface area (Å²) in [6.45, 7) is 7.17. The maximum atomic E-state index is 12.9. The highest BCUT2D eigenvalue weighted by Gasteiger charge is 2.31. The number of thioether (sulfide) groups is 1. The van der Waals surface area contributed by atoms with E-state index < -0.39 is 0 Å². The molecule has 1 amide bonds. The number of carbonyl (C=O) groups is 1. The molecule has 0 spiro atoms. The number of nitrogens with zero attached hydrogens (tertiary/aromatic N) is 1. The molecule has 2 heterocycles. The van der Waals surface area contributed by atoms with E-state index in [1.54, 1.807) is 0 Å². The average Bonchev–Trinajstić information content (AvgIpc) is 2.78. The summed E-state index contributed by atoms with van der Waals surface area (Å²) in [5, 5.41) is 1.48. The van der Waals surface area contributed by atoms with Gasteiger partial charge in [-0.15, -0.1) is 11.3 Å². The molecule has 1 saturated heterocycles. The summed E-state index contributed by atoms with van der Waals surface area (Å²) in [4.78, 5) is 15.6. The quantitative estimate of drug-likeness (QED) is 0.870. The number of fused-ring (bicyclic) bond motifs is 1. The number of anilines is 1. The minimum absolute atomic E-state index is 0.0889. The molecule has 1 aliphatic heterocycles. The molecule has 0 radical (unpaired) electrons. The highest BCUT2D eigenvalue weighted by molar-refractivity contribution is 8.00. The maximum Gasteiger partial charge on any atom is 0.266 e. The van der Waals surface area contributed by atoms with Gasteiger partial charge in [-0.05, 0) is 26.0 Å². The fraction of sp³-hybridized carbons (Fsp3) is 0.438. The Morgan fingerprint density at radius 1 is 1.38 bits per heavy atom. The summed E-state index contributed by atoms with van der Waals surface area (Å²) in [6, 6.07) is 6.44. The molecular weight excluding hydrogens is 300 g/mol. The summed E-state index contributed by atoms with van der Waals surface area (Å²) in [7, 11) is 0. The van der Waals surface area contributed by atoms with E-state index in [0.29, 0.717) is 15.8 Å². The molecule has 21 heavy (non-hydrogen) atoms. The van der Waals surface area contributed by atoms with Crippen molar-refractivity contribution in [1.82, 2.24) is 4.90 Å². The molecule has 2 aromatic rings. The van der Waals surface area contributed by atoms with Crippen molar-refractivity contribution in [2.45, 2.75) is 32.1 Å². The number of nitrogens with two attached hydrogens (primary N) is 1. The van der Waals surface area contributed by atoms with Crippen LogP contribution < -0.4 is 5.73 Å². The fourth-order valence-electron chi connectivity index (χ4n) is 2.74. The maximum absolute atomic E-state index is 12.9. The van der Waals surface area contributed by atoms with Crippen LogP contribution >= 0.6 is 23.1 Å². The molecule has 0 aliphatic carbocycles. The van der Waals surface area contributed by atoms with Crippen molar-refractivity contribution < 1.29 is 4.79 Å². The molecule has 1 fully saturated rings. The van der Waals surface area contributed by atoms with Crippen LogP contribution in [0.4, 0.5) is 5.69 Å². The summed E-state index contributed by atoms with van der Waals surface area (Å²) in [5.74, 6) is 1.09. The largest absolute Gasteiger partial charge is 0.397 e. The minimum Gasteiger partial charge on any atom is -0.397 e. The summed E-state index contributed by atoms with van der Waals surface area (Å²) in [6.07, 6.45) is 0. The number of amides is 1. The van der Waals surface area contributed by atoms with Crippen LogP contribution in [0.5, 0.6) is 0 Å². The lowest BCUT2D eigenvalue weighted by Crippen LogP contribution is -2.47. The van der Waals surface area contributed by atoms with Gasteiger partial charge < -0.3 is 10.6 Å². The zero-order valence-electron chi connectivity index (χ0n) is 12.6. The zero-order valence-corrected chi connectivity index (χ0v) is 14.2. The predicted octanol–water partition coefficient (Wildman–Crippen LogP) is 3.76. The topological polar surface area (TPSA) is 46.3 Å². The molecule has 0 bridgehead atoms. The van der Waals surface area contributed by atoms with Crippen molar-refractivity contribution in [1.29, 1.82) is 0 Å². The van der Waals surface area contributed by atoms with Gasteiger partial charge in [-0.2, -0.15) is 11.8 Å². The molecule has 5 heteroatoms. The van der Waals surface area contributed by atoms with Crippen LogP contribution in [-0.2, 0) is 0 Å². The Labute approximate surface area is 133 Å². The zero-order chi connectivity index (χ0) is 15.1. The first-order valence-electron chi connectivity index (χ1n) is 7.20. The molecule has 3 rings (SSSR count). The first kappa shape index (κ1) is 14.7. The average molecular weight is 320 g/mol. The lowest BCUT2D eigenvalue weighted by molar-refractivity contribution is 0.0704. The number of nitrogen functional groups attached to an aromatic ring is 1. The van der Waals surface area contributed by atoms with E-state index in [1.165, 1.54) is 16.9 Å². The van der Waals surface area contributed by atoms with Crippen molar-refractivity contribution >= 4 is 44.8 Å². The number of hydrogen-bond donors (Lipinski definition) is 1. The van der Waals surface area contributed by atoms with Crippen LogP contribution in [0.1, 0.15) is 29.1 Å². The van der Waals surface area contributed by atoms with E-state index in [-0.39, 0.29) is 11.9 Å². The second-order valence-corrected chi connectivity index (χ2v) is 8.20. The standard InChI is InChI=1S/C16H20N2OS2/c1-9-4-5-13-12(8-9)14(17)15(21-13)16(19)18-6-7-20-11(3)10(18)2/h4-5,8,10-11H,6-7,17H2,1-3H3. The molecule has 0 saturated carbocycles. The second kappa shape index (κ2) is 5.54. The van der Waals surface area contributed by atoms with Gasteiger partial charge in [0.25, 0.3) is 5.91 Å². The van der Waals surface area contributed by atoms with E-state index in [4.69, 9.17) is 5.73 Å². The van der Waals surface area contributed by atoms with E-state index in [2.05, 4.69) is 32.0 Å². The van der Waals surface area contributed by atoms with Crippen molar-refractivity contribution in [2.24, 2.45) is 0 Å². The highest BCUT2D eigenvalue weighted by atomic mass is 32.2. The number of aryl methyl sites for hydroxylation is 1. The third-order valence-electron chi connectivity index (χ3n) is 4.22. The predicted molar refractivity (Wildman–Crippen MR) is 93.4 cm³/mol. The van der Waals surface area contributed by atoms with Crippen molar-refractivity contribution in [3.8, 4) is 0 Å². The summed E-state index contributed by atoms with van der Waals surface area (Å²) in [5.41, 5.74) is 8.06. The number of carbonyl (C=O) groups excluding carboxylic acids is 1. The minimum atomic E-state index is 0.0889. The number of thiophene rings is 1. The van der Waals surface area contributed by atoms with Crippen molar-refractivity contribution in [3.63, 3.8) is 0 Å². The monoisotopic (exact) mass is 320 g/mol. The highest BCUT2D eigenvalue weighted by Crippen LogP contribution is 2.36. The molecule has 2 N–H and O–H groups in total. The summed E-state index contributed by atoms with van der Waals surface area (Å²) >= 11 is 3.45. The van der Waals surface area contributed by atoms with Gasteiger partial charge in [-0.1, -0.05) is 18.6 Å². The van der Waals surface area contributed by atoms with Crippen LogP contribution in [0.2, 0.25) is 0 Å². The van der Waals surface area contributed by atoms with E-state index in [9.17, 15) is 4.79 Å². The molecule has 2 atom stereocenters. The van der Waals surface area contributed by atoms with Gasteiger partial charge in [-0.3, -0.25) is 4.79 Å². The summed E-state index contributed by atoms with van der Waals surface area (Å²) < 4.78 is 1.09. The van der Waals surface area contributed by atoms with Gasteiger partial charge in [-0.25, -0.2) is 0 Å². The van der Waals surface area contributed by atoms with Crippen LogP contribution in [0.15, 0.2) is 18.2 Å². The SMILES string of the molecule is Cc1ccc2sc(C(=O)N3CCSC(C)C3C)c(N)c2c1. The third kappa shape index (κ3) is 2.53. The number of rotatable bonds is 1. The van der Waals surface area contributed by atoms with Crippen LogP contribution in [0.25, 0.3) is 10.1 Å². The Hall–Kier alpha value is -1.20. The van der Waals surface area contributed by atoms with Gasteiger partial charge in [0.05, 0.1) is 5.69 Å². The van der Waals surface area contributed by atoms with Crippen LogP contribution in [-0.4, -0.2) is 34.4 Å². The van der Waals surface area contributed by atoms with Gasteiger partial charge in [0.1, 0.15) is 4.88 Å².